The Morgan fingerprint density at radius 1 is 0.920 bits per heavy atom. The molecule has 0 radical (unpaired) electrons. The average Bonchev–Trinajstić information content (AvgIpc) is 2.66. The van der Waals surface area contributed by atoms with Gasteiger partial charge in [0.05, 0.1) is 17.6 Å². The SMILES string of the molecule is CN(CCC[C@](C#N)(CCC#N)c1ccccc1)Cc1ccccc1. The van der Waals surface area contributed by atoms with E-state index in [-0.39, 0.29) is 0 Å². The van der Waals surface area contributed by atoms with Crippen LogP contribution in [0.5, 0.6) is 0 Å². The first-order chi connectivity index (χ1) is 12.2. The Labute approximate surface area is 151 Å². The first-order valence-corrected chi connectivity index (χ1v) is 8.76. The maximum Gasteiger partial charge on any atom is 0.0832 e. The Balaban J connectivity index is 1.98. The molecule has 1 atom stereocenters. The van der Waals surface area contributed by atoms with Gasteiger partial charge < -0.3 is 4.90 Å². The number of rotatable bonds is 9. The summed E-state index contributed by atoms with van der Waals surface area (Å²) in [6.45, 7) is 1.83. The van der Waals surface area contributed by atoms with E-state index in [4.69, 9.17) is 5.26 Å². The Morgan fingerprint density at radius 2 is 1.56 bits per heavy atom. The van der Waals surface area contributed by atoms with Crippen LogP contribution in [-0.2, 0) is 12.0 Å². The van der Waals surface area contributed by atoms with Gasteiger partial charge in [0.15, 0.2) is 0 Å². The zero-order valence-electron chi connectivity index (χ0n) is 14.9. The quantitative estimate of drug-likeness (QED) is 0.671. The Hall–Kier alpha value is -2.62. The van der Waals surface area contributed by atoms with Crippen LogP contribution >= 0.6 is 0 Å². The van der Waals surface area contributed by atoms with E-state index in [0.717, 1.165) is 31.5 Å². The van der Waals surface area contributed by atoms with Gasteiger partial charge in [-0.3, -0.25) is 0 Å². The fourth-order valence-corrected chi connectivity index (χ4v) is 3.24. The molecule has 0 aromatic heterocycles. The molecule has 2 aromatic carbocycles. The number of hydrogen-bond acceptors (Lipinski definition) is 3. The van der Waals surface area contributed by atoms with Crippen molar-refractivity contribution in [3.63, 3.8) is 0 Å². The van der Waals surface area contributed by atoms with Gasteiger partial charge in [0.1, 0.15) is 0 Å². The predicted octanol–water partition coefficient (Wildman–Crippen LogP) is 4.66. The molecule has 128 valence electrons. The summed E-state index contributed by atoms with van der Waals surface area (Å²) in [4.78, 5) is 2.28. The minimum Gasteiger partial charge on any atom is -0.302 e. The van der Waals surface area contributed by atoms with Crippen LogP contribution in [-0.4, -0.2) is 18.5 Å². The third-order valence-corrected chi connectivity index (χ3v) is 4.64. The molecule has 0 saturated carbocycles. The van der Waals surface area contributed by atoms with Gasteiger partial charge in [-0.15, -0.1) is 0 Å². The molecule has 0 aliphatic carbocycles. The van der Waals surface area contributed by atoms with E-state index in [9.17, 15) is 5.26 Å². The summed E-state index contributed by atoms with van der Waals surface area (Å²) in [5.74, 6) is 0. The van der Waals surface area contributed by atoms with Gasteiger partial charge >= 0.3 is 0 Å². The molecule has 0 bridgehead atoms. The first kappa shape index (κ1) is 18.7. The van der Waals surface area contributed by atoms with Crippen LogP contribution in [0.1, 0.15) is 36.8 Å². The van der Waals surface area contributed by atoms with Crippen molar-refractivity contribution in [3.8, 4) is 12.1 Å². The van der Waals surface area contributed by atoms with Crippen molar-refractivity contribution in [2.75, 3.05) is 13.6 Å². The van der Waals surface area contributed by atoms with E-state index in [0.29, 0.717) is 12.8 Å². The lowest BCUT2D eigenvalue weighted by molar-refractivity contribution is 0.303. The van der Waals surface area contributed by atoms with Crippen molar-refractivity contribution >= 4 is 0 Å². The molecule has 3 heteroatoms. The predicted molar refractivity (Wildman–Crippen MR) is 101 cm³/mol. The highest BCUT2D eigenvalue weighted by Gasteiger charge is 2.31. The van der Waals surface area contributed by atoms with Gasteiger partial charge in [0, 0.05) is 13.0 Å². The molecule has 0 fully saturated rings. The normalized spacial score (nSPS) is 13.0. The second-order valence-electron chi connectivity index (χ2n) is 6.54. The molecule has 0 unspecified atom stereocenters. The van der Waals surface area contributed by atoms with Gasteiger partial charge in [-0.1, -0.05) is 60.7 Å². The number of hydrogen-bond donors (Lipinski definition) is 0. The van der Waals surface area contributed by atoms with Gasteiger partial charge in [0.25, 0.3) is 0 Å². The van der Waals surface area contributed by atoms with Crippen LogP contribution in [0.15, 0.2) is 60.7 Å². The van der Waals surface area contributed by atoms with Crippen molar-refractivity contribution in [2.24, 2.45) is 0 Å². The lowest BCUT2D eigenvalue weighted by Crippen LogP contribution is -2.27. The van der Waals surface area contributed by atoms with Crippen LogP contribution in [0.4, 0.5) is 0 Å². The molecule has 0 amide bonds. The largest absolute Gasteiger partial charge is 0.302 e. The second-order valence-corrected chi connectivity index (χ2v) is 6.54. The Kier molecular flexibility index (Phi) is 7.20. The van der Waals surface area contributed by atoms with E-state index in [1.54, 1.807) is 0 Å². The third-order valence-electron chi connectivity index (χ3n) is 4.64. The number of nitriles is 2. The van der Waals surface area contributed by atoms with Crippen molar-refractivity contribution in [3.05, 3.63) is 71.8 Å². The zero-order chi connectivity index (χ0) is 18.0. The van der Waals surface area contributed by atoms with Gasteiger partial charge in [0.2, 0.25) is 0 Å². The van der Waals surface area contributed by atoms with Gasteiger partial charge in [-0.2, -0.15) is 10.5 Å². The summed E-state index contributed by atoms with van der Waals surface area (Å²) in [5, 5.41) is 18.9. The zero-order valence-corrected chi connectivity index (χ0v) is 14.9. The molecule has 2 rings (SSSR count). The summed E-state index contributed by atoms with van der Waals surface area (Å²) < 4.78 is 0. The Bertz CT molecular complexity index is 712. The van der Waals surface area contributed by atoms with Crippen LogP contribution < -0.4 is 0 Å². The summed E-state index contributed by atoms with van der Waals surface area (Å²) in [5.41, 5.74) is 1.76. The van der Waals surface area contributed by atoms with Crippen molar-refractivity contribution in [1.82, 2.24) is 4.90 Å². The van der Waals surface area contributed by atoms with Crippen LogP contribution in [0.2, 0.25) is 0 Å². The molecule has 3 nitrogen and oxygen atoms in total. The molecule has 0 spiro atoms. The molecule has 0 aliphatic rings. The van der Waals surface area contributed by atoms with E-state index in [2.05, 4.69) is 48.4 Å². The van der Waals surface area contributed by atoms with Gasteiger partial charge in [-0.05, 0) is 44.0 Å². The molecule has 2 aromatic rings. The van der Waals surface area contributed by atoms with E-state index in [1.807, 2.05) is 36.4 Å². The van der Waals surface area contributed by atoms with E-state index >= 15 is 0 Å². The van der Waals surface area contributed by atoms with E-state index < -0.39 is 5.41 Å². The third kappa shape index (κ3) is 5.45. The minimum atomic E-state index is -0.565. The van der Waals surface area contributed by atoms with Crippen LogP contribution in [0, 0.1) is 22.7 Å². The van der Waals surface area contributed by atoms with Crippen LogP contribution in [0.3, 0.4) is 0 Å². The molecular weight excluding hydrogens is 306 g/mol. The second kappa shape index (κ2) is 9.62. The van der Waals surface area contributed by atoms with Crippen LogP contribution in [0.25, 0.3) is 0 Å². The fraction of sp³-hybridized carbons (Fsp3) is 0.364. The monoisotopic (exact) mass is 331 g/mol. The number of nitrogens with zero attached hydrogens (tertiary/aromatic N) is 3. The smallest absolute Gasteiger partial charge is 0.0832 e. The van der Waals surface area contributed by atoms with E-state index in [1.165, 1.54) is 5.56 Å². The van der Waals surface area contributed by atoms with Gasteiger partial charge in [-0.25, -0.2) is 0 Å². The van der Waals surface area contributed by atoms with Crippen molar-refractivity contribution in [1.29, 1.82) is 10.5 Å². The summed E-state index contributed by atoms with van der Waals surface area (Å²) in [6, 6.07) is 25.0. The number of benzene rings is 2. The van der Waals surface area contributed by atoms with Crippen molar-refractivity contribution in [2.45, 2.75) is 37.6 Å². The highest BCUT2D eigenvalue weighted by Crippen LogP contribution is 2.33. The topological polar surface area (TPSA) is 50.8 Å². The molecule has 0 heterocycles. The standard InChI is InChI=1S/C22H25N3/c1-25(18-20-10-4-2-5-11-20)17-9-15-22(19-24,14-8-16-23)21-12-6-3-7-13-21/h2-7,10-13H,8-9,14-15,17-18H2,1H3/t22-/m0/s1. The molecule has 0 saturated heterocycles. The summed E-state index contributed by atoms with van der Waals surface area (Å²) in [7, 11) is 2.11. The van der Waals surface area contributed by atoms with Crippen molar-refractivity contribution < 1.29 is 0 Å². The maximum atomic E-state index is 9.88. The Morgan fingerprint density at radius 3 is 2.16 bits per heavy atom. The summed E-state index contributed by atoms with van der Waals surface area (Å²) in [6.07, 6.45) is 2.69. The lowest BCUT2D eigenvalue weighted by atomic mass is 9.74. The first-order valence-electron chi connectivity index (χ1n) is 8.76. The molecule has 0 aliphatic heterocycles. The maximum absolute atomic E-state index is 9.88. The fourth-order valence-electron chi connectivity index (χ4n) is 3.24. The molecule has 25 heavy (non-hydrogen) atoms. The summed E-state index contributed by atoms with van der Waals surface area (Å²) >= 11 is 0. The highest BCUT2D eigenvalue weighted by molar-refractivity contribution is 5.32. The lowest BCUT2D eigenvalue weighted by Gasteiger charge is -2.27. The minimum absolute atomic E-state index is 0.405. The molecular formula is C22H25N3. The molecule has 0 N–H and O–H groups in total. The highest BCUT2D eigenvalue weighted by atomic mass is 15.1. The average molecular weight is 331 g/mol.